The molecule has 0 radical (unpaired) electrons. The number of carbonyl (C=O) groups excluding carboxylic acids is 2. The maximum absolute atomic E-state index is 12.5. The Labute approximate surface area is 205 Å². The van der Waals surface area contributed by atoms with Crippen LogP contribution in [0.2, 0.25) is 10.0 Å². The number of anilines is 2. The van der Waals surface area contributed by atoms with Crippen LogP contribution in [-0.4, -0.2) is 28.1 Å². The molecule has 3 aromatic rings. The van der Waals surface area contributed by atoms with Crippen LogP contribution in [-0.2, 0) is 16.0 Å². The number of hydrogen-bond acceptors (Lipinski definition) is 4. The monoisotopic (exact) mass is 502 g/mol. The summed E-state index contributed by atoms with van der Waals surface area (Å²) in [4.78, 5) is 36.8. The smallest absolute Gasteiger partial charge is 0.337 e. The van der Waals surface area contributed by atoms with Crippen molar-refractivity contribution in [2.45, 2.75) is 23.5 Å². The molecule has 0 aromatic heterocycles. The molecule has 170 valence electrons. The fourth-order valence-electron chi connectivity index (χ4n) is 2.88. The molecule has 0 saturated carbocycles. The molecular weight excluding hydrogens is 483 g/mol. The SMILES string of the molecule is CC(Sc1ccc(NC(=O)Cc2ccc(Cl)cc2)cc1)C(=O)Nc1ccc(Cl)c(C(=O)O)c1. The molecule has 1 unspecified atom stereocenters. The van der Waals surface area contributed by atoms with Crippen LogP contribution in [0.1, 0.15) is 22.8 Å². The fraction of sp³-hybridized carbons (Fsp3) is 0.125. The molecule has 0 aliphatic heterocycles. The molecule has 3 aromatic carbocycles. The molecule has 0 aliphatic carbocycles. The van der Waals surface area contributed by atoms with Crippen molar-refractivity contribution in [2.24, 2.45) is 0 Å². The Hall–Kier alpha value is -3.00. The van der Waals surface area contributed by atoms with Crippen LogP contribution in [0.15, 0.2) is 71.6 Å². The number of benzene rings is 3. The van der Waals surface area contributed by atoms with Gasteiger partial charge in [0, 0.05) is 21.3 Å². The van der Waals surface area contributed by atoms with Gasteiger partial charge in [0.25, 0.3) is 0 Å². The zero-order valence-electron chi connectivity index (χ0n) is 17.5. The molecule has 0 bridgehead atoms. The molecule has 2 amide bonds. The number of carbonyl (C=O) groups is 3. The van der Waals surface area contributed by atoms with E-state index in [-0.39, 0.29) is 28.8 Å². The third-order valence-electron chi connectivity index (χ3n) is 4.56. The number of carboxylic acid groups (broad SMARTS) is 1. The van der Waals surface area contributed by atoms with Gasteiger partial charge < -0.3 is 15.7 Å². The Kier molecular flexibility index (Phi) is 8.38. The van der Waals surface area contributed by atoms with E-state index < -0.39 is 11.2 Å². The van der Waals surface area contributed by atoms with Gasteiger partial charge in [-0.2, -0.15) is 0 Å². The van der Waals surface area contributed by atoms with Crippen molar-refractivity contribution in [1.82, 2.24) is 0 Å². The van der Waals surface area contributed by atoms with Gasteiger partial charge in [-0.05, 0) is 67.1 Å². The van der Waals surface area contributed by atoms with Crippen LogP contribution >= 0.6 is 35.0 Å². The summed E-state index contributed by atoms with van der Waals surface area (Å²) in [6.45, 7) is 1.75. The van der Waals surface area contributed by atoms with Gasteiger partial charge >= 0.3 is 5.97 Å². The number of rotatable bonds is 8. The average Bonchev–Trinajstić information content (AvgIpc) is 2.77. The van der Waals surface area contributed by atoms with Crippen molar-refractivity contribution in [3.05, 3.63) is 87.9 Å². The molecule has 0 spiro atoms. The standard InChI is InChI=1S/C24H20Cl2N2O4S/c1-14(23(30)28-18-8-11-21(26)20(13-18)24(31)32)33-19-9-6-17(7-10-19)27-22(29)12-15-2-4-16(25)5-3-15/h2-11,13-14H,12H2,1H3,(H,27,29)(H,28,30)(H,31,32). The fourth-order valence-corrected chi connectivity index (χ4v) is 4.07. The summed E-state index contributed by atoms with van der Waals surface area (Å²) in [6, 6.07) is 18.6. The van der Waals surface area contributed by atoms with Crippen molar-refractivity contribution in [3.63, 3.8) is 0 Å². The van der Waals surface area contributed by atoms with Gasteiger partial charge in [0.1, 0.15) is 0 Å². The molecule has 3 N–H and O–H groups in total. The van der Waals surface area contributed by atoms with Gasteiger partial charge in [-0.25, -0.2) is 4.79 Å². The summed E-state index contributed by atoms with van der Waals surface area (Å²) in [5.41, 5.74) is 1.79. The van der Waals surface area contributed by atoms with E-state index in [0.29, 0.717) is 16.4 Å². The second-order valence-corrected chi connectivity index (χ2v) is 9.38. The zero-order chi connectivity index (χ0) is 24.0. The zero-order valence-corrected chi connectivity index (χ0v) is 19.8. The van der Waals surface area contributed by atoms with Crippen LogP contribution < -0.4 is 10.6 Å². The lowest BCUT2D eigenvalue weighted by atomic mass is 10.1. The summed E-state index contributed by atoms with van der Waals surface area (Å²) in [6.07, 6.45) is 0.235. The number of aromatic carboxylic acids is 1. The topological polar surface area (TPSA) is 95.5 Å². The number of amides is 2. The van der Waals surface area contributed by atoms with E-state index >= 15 is 0 Å². The van der Waals surface area contributed by atoms with Gasteiger partial charge in [0.2, 0.25) is 11.8 Å². The largest absolute Gasteiger partial charge is 0.478 e. The Morgan fingerprint density at radius 2 is 1.55 bits per heavy atom. The van der Waals surface area contributed by atoms with Gasteiger partial charge in [-0.3, -0.25) is 9.59 Å². The van der Waals surface area contributed by atoms with Crippen molar-refractivity contribution in [1.29, 1.82) is 0 Å². The minimum Gasteiger partial charge on any atom is -0.478 e. The highest BCUT2D eigenvalue weighted by Gasteiger charge is 2.16. The lowest BCUT2D eigenvalue weighted by Crippen LogP contribution is -2.22. The summed E-state index contributed by atoms with van der Waals surface area (Å²) in [5.74, 6) is -1.59. The Bertz CT molecular complexity index is 1170. The first kappa shape index (κ1) is 24.6. The Morgan fingerprint density at radius 3 is 2.18 bits per heavy atom. The third kappa shape index (κ3) is 7.25. The maximum Gasteiger partial charge on any atom is 0.337 e. The van der Waals surface area contributed by atoms with Gasteiger partial charge in [0.05, 0.1) is 22.3 Å². The number of nitrogens with one attached hydrogen (secondary N) is 2. The quantitative estimate of drug-likeness (QED) is 0.328. The molecule has 9 heteroatoms. The molecule has 0 heterocycles. The Morgan fingerprint density at radius 1 is 0.909 bits per heavy atom. The lowest BCUT2D eigenvalue weighted by molar-refractivity contribution is -0.116. The summed E-state index contributed by atoms with van der Waals surface area (Å²) < 4.78 is 0. The van der Waals surface area contributed by atoms with Gasteiger partial charge in [-0.1, -0.05) is 35.3 Å². The maximum atomic E-state index is 12.5. The minimum absolute atomic E-state index is 0.0801. The van der Waals surface area contributed by atoms with E-state index in [1.807, 2.05) is 12.1 Å². The second-order valence-electron chi connectivity index (χ2n) is 7.12. The van der Waals surface area contributed by atoms with E-state index in [2.05, 4.69) is 10.6 Å². The molecule has 1 atom stereocenters. The number of hydrogen-bond donors (Lipinski definition) is 3. The molecular formula is C24H20Cl2N2O4S. The van der Waals surface area contributed by atoms with Crippen LogP contribution in [0.25, 0.3) is 0 Å². The highest BCUT2D eigenvalue weighted by Crippen LogP contribution is 2.27. The number of carboxylic acids is 1. The van der Waals surface area contributed by atoms with E-state index in [1.54, 1.807) is 49.4 Å². The third-order valence-corrected chi connectivity index (χ3v) is 6.26. The van der Waals surface area contributed by atoms with Gasteiger partial charge in [0.15, 0.2) is 0 Å². The Balaban J connectivity index is 1.54. The van der Waals surface area contributed by atoms with Gasteiger partial charge in [-0.15, -0.1) is 11.8 Å². The molecule has 33 heavy (non-hydrogen) atoms. The van der Waals surface area contributed by atoms with E-state index in [1.165, 1.54) is 23.9 Å². The summed E-state index contributed by atoms with van der Waals surface area (Å²) in [5, 5.41) is 15.0. The molecule has 3 rings (SSSR count). The highest BCUT2D eigenvalue weighted by molar-refractivity contribution is 8.00. The first-order chi connectivity index (χ1) is 15.7. The first-order valence-electron chi connectivity index (χ1n) is 9.86. The van der Waals surface area contributed by atoms with Crippen molar-refractivity contribution < 1.29 is 19.5 Å². The predicted octanol–water partition coefficient (Wildman–Crippen LogP) is 5.99. The molecule has 0 aliphatic rings. The second kappa shape index (κ2) is 11.2. The van der Waals surface area contributed by atoms with E-state index in [0.717, 1.165) is 10.5 Å². The summed E-state index contributed by atoms with van der Waals surface area (Å²) >= 11 is 13.1. The minimum atomic E-state index is -1.17. The van der Waals surface area contributed by atoms with Crippen LogP contribution in [0.4, 0.5) is 11.4 Å². The highest BCUT2D eigenvalue weighted by atomic mass is 35.5. The van der Waals surface area contributed by atoms with Crippen LogP contribution in [0.3, 0.4) is 0 Å². The van der Waals surface area contributed by atoms with E-state index in [4.69, 9.17) is 28.3 Å². The molecule has 0 fully saturated rings. The number of halogens is 2. The van der Waals surface area contributed by atoms with E-state index in [9.17, 15) is 14.4 Å². The normalized spacial score (nSPS) is 11.5. The first-order valence-corrected chi connectivity index (χ1v) is 11.5. The summed E-state index contributed by atoms with van der Waals surface area (Å²) in [7, 11) is 0. The van der Waals surface area contributed by atoms with Crippen molar-refractivity contribution in [2.75, 3.05) is 10.6 Å². The molecule has 0 saturated heterocycles. The molecule has 6 nitrogen and oxygen atoms in total. The average molecular weight is 503 g/mol. The van der Waals surface area contributed by atoms with Crippen LogP contribution in [0.5, 0.6) is 0 Å². The predicted molar refractivity (Wildman–Crippen MR) is 133 cm³/mol. The lowest BCUT2D eigenvalue weighted by Gasteiger charge is -2.13. The van der Waals surface area contributed by atoms with Crippen molar-refractivity contribution >= 4 is 64.1 Å². The van der Waals surface area contributed by atoms with Crippen LogP contribution in [0, 0.1) is 0 Å². The van der Waals surface area contributed by atoms with Crippen molar-refractivity contribution in [3.8, 4) is 0 Å². The number of thioether (sulfide) groups is 1.